The molecule has 0 aliphatic carbocycles. The zero-order valence-corrected chi connectivity index (χ0v) is 14.0. The second kappa shape index (κ2) is 6.79. The van der Waals surface area contributed by atoms with Gasteiger partial charge in [0, 0.05) is 17.7 Å². The number of benzene rings is 2. The van der Waals surface area contributed by atoms with E-state index in [0.717, 1.165) is 10.5 Å². The van der Waals surface area contributed by atoms with E-state index in [9.17, 15) is 19.7 Å². The predicted molar refractivity (Wildman–Crippen MR) is 94.4 cm³/mol. The number of nitro benzene ring substituents is 1. The highest BCUT2D eigenvalue weighted by Gasteiger charge is 2.38. The van der Waals surface area contributed by atoms with Crippen LogP contribution in [-0.4, -0.2) is 27.9 Å². The van der Waals surface area contributed by atoms with Gasteiger partial charge in [0.15, 0.2) is 0 Å². The first-order valence-electron chi connectivity index (χ1n) is 7.92. The summed E-state index contributed by atoms with van der Waals surface area (Å²) in [6, 6.07) is 12.3. The van der Waals surface area contributed by atoms with Gasteiger partial charge >= 0.3 is 6.09 Å². The summed E-state index contributed by atoms with van der Waals surface area (Å²) in [6.07, 6.45) is -0.781. The number of hydrogen-bond donors (Lipinski definition) is 0. The standard InChI is InChI=1S/C19H16N2O5/c1-12-13(2)20(19(23)26-11-14-6-4-3-5-7-14)18(22)16-9-8-15(21(24)25)10-17(12)16/h3-10,13H,1,11H2,2H3. The minimum absolute atomic E-state index is 0.0375. The third-order valence-electron chi connectivity index (χ3n) is 4.30. The summed E-state index contributed by atoms with van der Waals surface area (Å²) in [5.41, 5.74) is 1.68. The van der Waals surface area contributed by atoms with Crippen molar-refractivity contribution in [2.45, 2.75) is 19.6 Å². The number of amides is 2. The van der Waals surface area contributed by atoms with E-state index >= 15 is 0 Å². The number of rotatable bonds is 3. The minimum atomic E-state index is -0.781. The van der Waals surface area contributed by atoms with Gasteiger partial charge in [0.05, 0.1) is 11.0 Å². The van der Waals surface area contributed by atoms with Crippen LogP contribution in [0.2, 0.25) is 0 Å². The monoisotopic (exact) mass is 352 g/mol. The van der Waals surface area contributed by atoms with E-state index in [1.165, 1.54) is 18.2 Å². The Kier molecular flexibility index (Phi) is 4.53. The van der Waals surface area contributed by atoms with E-state index in [0.29, 0.717) is 11.1 Å². The fraction of sp³-hybridized carbons (Fsp3) is 0.158. The highest BCUT2D eigenvalue weighted by Crippen LogP contribution is 2.34. The summed E-state index contributed by atoms with van der Waals surface area (Å²) in [6.45, 7) is 5.57. The molecule has 0 N–H and O–H groups in total. The second-order valence-electron chi connectivity index (χ2n) is 5.90. The van der Waals surface area contributed by atoms with Crippen LogP contribution in [0.15, 0.2) is 55.1 Å². The van der Waals surface area contributed by atoms with Gasteiger partial charge in [-0.15, -0.1) is 0 Å². The molecule has 2 aromatic rings. The van der Waals surface area contributed by atoms with Crippen LogP contribution in [0.5, 0.6) is 0 Å². The fourth-order valence-corrected chi connectivity index (χ4v) is 2.81. The number of non-ortho nitro benzene ring substituents is 1. The Hall–Kier alpha value is -3.48. The van der Waals surface area contributed by atoms with E-state index in [4.69, 9.17) is 4.74 Å². The van der Waals surface area contributed by atoms with Crippen LogP contribution in [0, 0.1) is 10.1 Å². The maximum atomic E-state index is 12.7. The predicted octanol–water partition coefficient (Wildman–Crippen LogP) is 3.79. The van der Waals surface area contributed by atoms with Crippen LogP contribution >= 0.6 is 0 Å². The van der Waals surface area contributed by atoms with Gasteiger partial charge in [0.1, 0.15) is 6.61 Å². The van der Waals surface area contributed by atoms with Crippen molar-refractivity contribution < 1.29 is 19.2 Å². The number of hydrogen-bond acceptors (Lipinski definition) is 5. The molecule has 7 nitrogen and oxygen atoms in total. The summed E-state index contributed by atoms with van der Waals surface area (Å²) in [7, 11) is 0. The van der Waals surface area contributed by atoms with Crippen molar-refractivity contribution in [1.82, 2.24) is 4.90 Å². The van der Waals surface area contributed by atoms with Crippen LogP contribution in [-0.2, 0) is 11.3 Å². The van der Waals surface area contributed by atoms with E-state index < -0.39 is 23.0 Å². The molecule has 0 bridgehead atoms. The second-order valence-corrected chi connectivity index (χ2v) is 5.90. The molecule has 2 aromatic carbocycles. The van der Waals surface area contributed by atoms with E-state index in [1.54, 1.807) is 6.92 Å². The Morgan fingerprint density at radius 1 is 1.23 bits per heavy atom. The Morgan fingerprint density at radius 2 is 1.92 bits per heavy atom. The maximum absolute atomic E-state index is 12.7. The zero-order chi connectivity index (χ0) is 18.8. The molecule has 0 saturated carbocycles. The molecule has 0 saturated heterocycles. The van der Waals surface area contributed by atoms with Crippen LogP contribution in [0.1, 0.15) is 28.4 Å². The van der Waals surface area contributed by atoms with Gasteiger partial charge in [-0.25, -0.2) is 9.69 Å². The lowest BCUT2D eigenvalue weighted by atomic mass is 9.90. The van der Waals surface area contributed by atoms with Crippen molar-refractivity contribution >= 4 is 23.3 Å². The number of ether oxygens (including phenoxy) is 1. The lowest BCUT2D eigenvalue weighted by molar-refractivity contribution is -0.384. The molecule has 132 valence electrons. The molecule has 3 rings (SSSR count). The van der Waals surface area contributed by atoms with Crippen molar-refractivity contribution in [3.8, 4) is 0 Å². The molecule has 1 aliphatic heterocycles. The van der Waals surface area contributed by atoms with Gasteiger partial charge in [-0.2, -0.15) is 0 Å². The van der Waals surface area contributed by atoms with Crippen LogP contribution < -0.4 is 0 Å². The molecule has 1 atom stereocenters. The third kappa shape index (κ3) is 3.06. The molecule has 7 heteroatoms. The molecule has 1 aliphatic rings. The van der Waals surface area contributed by atoms with Gasteiger partial charge in [-0.05, 0) is 29.7 Å². The Balaban J connectivity index is 1.85. The van der Waals surface area contributed by atoms with E-state index in [2.05, 4.69) is 6.58 Å². The van der Waals surface area contributed by atoms with Gasteiger partial charge < -0.3 is 4.74 Å². The molecular formula is C19H16N2O5. The first kappa shape index (κ1) is 17.3. The van der Waals surface area contributed by atoms with Gasteiger partial charge in [0.25, 0.3) is 11.6 Å². The lowest BCUT2D eigenvalue weighted by Crippen LogP contribution is -2.47. The summed E-state index contributed by atoms with van der Waals surface area (Å²) < 4.78 is 5.25. The number of nitrogens with zero attached hydrogens (tertiary/aromatic N) is 2. The first-order valence-corrected chi connectivity index (χ1v) is 7.92. The van der Waals surface area contributed by atoms with Crippen LogP contribution in [0.4, 0.5) is 10.5 Å². The topological polar surface area (TPSA) is 89.8 Å². The number of carbonyl (C=O) groups is 2. The van der Waals surface area contributed by atoms with Crippen LogP contribution in [0.3, 0.4) is 0 Å². The summed E-state index contributed by atoms with van der Waals surface area (Å²) in [4.78, 5) is 36.6. The smallest absolute Gasteiger partial charge is 0.417 e. The molecule has 0 aromatic heterocycles. The lowest BCUT2D eigenvalue weighted by Gasteiger charge is -2.33. The zero-order valence-electron chi connectivity index (χ0n) is 14.0. The Labute approximate surface area is 149 Å². The molecular weight excluding hydrogens is 336 g/mol. The van der Waals surface area contributed by atoms with E-state index in [-0.39, 0.29) is 17.9 Å². The van der Waals surface area contributed by atoms with Gasteiger partial charge in [-0.3, -0.25) is 14.9 Å². The third-order valence-corrected chi connectivity index (χ3v) is 4.30. The van der Waals surface area contributed by atoms with Crippen molar-refractivity contribution in [3.63, 3.8) is 0 Å². The first-order chi connectivity index (χ1) is 12.4. The fourth-order valence-electron chi connectivity index (χ4n) is 2.81. The quantitative estimate of drug-likeness (QED) is 0.619. The molecule has 0 spiro atoms. The Bertz CT molecular complexity index is 907. The minimum Gasteiger partial charge on any atom is -0.444 e. The number of nitro groups is 1. The molecule has 26 heavy (non-hydrogen) atoms. The molecule has 2 amide bonds. The molecule has 0 radical (unpaired) electrons. The number of carbonyl (C=O) groups excluding carboxylic acids is 2. The highest BCUT2D eigenvalue weighted by molar-refractivity contribution is 6.10. The summed E-state index contributed by atoms with van der Waals surface area (Å²) >= 11 is 0. The molecule has 1 heterocycles. The average molecular weight is 352 g/mol. The van der Waals surface area contributed by atoms with Gasteiger partial charge in [-0.1, -0.05) is 36.9 Å². The highest BCUT2D eigenvalue weighted by atomic mass is 16.6. The average Bonchev–Trinajstić information content (AvgIpc) is 2.65. The molecule has 1 unspecified atom stereocenters. The van der Waals surface area contributed by atoms with Crippen molar-refractivity contribution in [2.75, 3.05) is 0 Å². The molecule has 0 fully saturated rings. The van der Waals surface area contributed by atoms with Crippen molar-refractivity contribution in [1.29, 1.82) is 0 Å². The number of imide groups is 1. The number of fused-ring (bicyclic) bond motifs is 1. The maximum Gasteiger partial charge on any atom is 0.417 e. The van der Waals surface area contributed by atoms with Crippen molar-refractivity contribution in [2.24, 2.45) is 0 Å². The van der Waals surface area contributed by atoms with E-state index in [1.807, 2.05) is 30.3 Å². The Morgan fingerprint density at radius 3 is 2.58 bits per heavy atom. The van der Waals surface area contributed by atoms with Crippen LogP contribution in [0.25, 0.3) is 5.57 Å². The summed E-state index contributed by atoms with van der Waals surface area (Å²) in [5, 5.41) is 11.0. The van der Waals surface area contributed by atoms with Crippen molar-refractivity contribution in [3.05, 3.63) is 81.9 Å². The van der Waals surface area contributed by atoms with Gasteiger partial charge in [0.2, 0.25) is 0 Å². The SMILES string of the molecule is C=C1c2cc([N+](=O)[O-])ccc2C(=O)N(C(=O)OCc2ccccc2)C1C. The summed E-state index contributed by atoms with van der Waals surface area (Å²) in [5.74, 6) is -0.562. The largest absolute Gasteiger partial charge is 0.444 e. The normalized spacial score (nSPS) is 16.2.